The Balaban J connectivity index is 1.86. The Morgan fingerprint density at radius 1 is 1.56 bits per heavy atom. The van der Waals surface area contributed by atoms with Crippen LogP contribution in [-0.4, -0.2) is 22.4 Å². The molecule has 1 unspecified atom stereocenters. The first-order valence-electron chi connectivity index (χ1n) is 6.88. The molecule has 1 aliphatic rings. The number of aryl methyl sites for hydroxylation is 2. The second kappa shape index (κ2) is 5.55. The summed E-state index contributed by atoms with van der Waals surface area (Å²) in [6, 6.07) is 0. The maximum Gasteiger partial charge on any atom is 0.223 e. The van der Waals surface area contributed by atoms with E-state index in [-0.39, 0.29) is 11.8 Å². The minimum Gasteiger partial charge on any atom is -0.356 e. The lowest BCUT2D eigenvalue weighted by Crippen LogP contribution is -2.35. The van der Waals surface area contributed by atoms with Crippen molar-refractivity contribution in [2.45, 2.75) is 46.5 Å². The SMILES string of the molecule is Cc1nc2c([nH]1)CC(C(=O)NCCC(C)C)CC2. The van der Waals surface area contributed by atoms with Crippen molar-refractivity contribution in [2.24, 2.45) is 11.8 Å². The summed E-state index contributed by atoms with van der Waals surface area (Å²) >= 11 is 0. The Morgan fingerprint density at radius 3 is 3.06 bits per heavy atom. The summed E-state index contributed by atoms with van der Waals surface area (Å²) in [6.45, 7) is 7.11. The van der Waals surface area contributed by atoms with Crippen LogP contribution in [0.5, 0.6) is 0 Å². The molecule has 0 aliphatic heterocycles. The fourth-order valence-corrected chi connectivity index (χ4v) is 2.48. The molecule has 0 spiro atoms. The van der Waals surface area contributed by atoms with E-state index in [0.29, 0.717) is 5.92 Å². The third-order valence-corrected chi connectivity index (χ3v) is 3.55. The Kier molecular flexibility index (Phi) is 4.04. The van der Waals surface area contributed by atoms with Gasteiger partial charge >= 0.3 is 0 Å². The predicted molar refractivity (Wildman–Crippen MR) is 71.3 cm³/mol. The smallest absolute Gasteiger partial charge is 0.223 e. The van der Waals surface area contributed by atoms with E-state index in [1.54, 1.807) is 0 Å². The fraction of sp³-hybridized carbons (Fsp3) is 0.714. The zero-order valence-electron chi connectivity index (χ0n) is 11.5. The van der Waals surface area contributed by atoms with E-state index in [0.717, 1.165) is 49.4 Å². The molecule has 0 radical (unpaired) electrons. The summed E-state index contributed by atoms with van der Waals surface area (Å²) in [5.74, 6) is 1.91. The Labute approximate surface area is 109 Å². The van der Waals surface area contributed by atoms with E-state index in [1.807, 2.05) is 6.92 Å². The van der Waals surface area contributed by atoms with Crippen LogP contribution in [0, 0.1) is 18.8 Å². The van der Waals surface area contributed by atoms with Crippen LogP contribution in [-0.2, 0) is 17.6 Å². The molecule has 1 aromatic heterocycles. The van der Waals surface area contributed by atoms with Crippen LogP contribution in [0.2, 0.25) is 0 Å². The molecule has 1 aromatic rings. The predicted octanol–water partition coefficient (Wildman–Crippen LogP) is 1.99. The van der Waals surface area contributed by atoms with Gasteiger partial charge in [0.2, 0.25) is 5.91 Å². The van der Waals surface area contributed by atoms with Crippen molar-refractivity contribution in [2.75, 3.05) is 6.54 Å². The van der Waals surface area contributed by atoms with Gasteiger partial charge in [-0.2, -0.15) is 0 Å². The largest absolute Gasteiger partial charge is 0.356 e. The van der Waals surface area contributed by atoms with Crippen molar-refractivity contribution in [1.29, 1.82) is 0 Å². The van der Waals surface area contributed by atoms with Gasteiger partial charge in [-0.3, -0.25) is 4.79 Å². The fourth-order valence-electron chi connectivity index (χ4n) is 2.48. The van der Waals surface area contributed by atoms with Crippen LogP contribution in [0.3, 0.4) is 0 Å². The van der Waals surface area contributed by atoms with Gasteiger partial charge in [-0.1, -0.05) is 13.8 Å². The number of amides is 1. The molecule has 1 atom stereocenters. The summed E-state index contributed by atoms with van der Waals surface area (Å²) in [6.07, 6.45) is 3.70. The Bertz CT molecular complexity index is 423. The van der Waals surface area contributed by atoms with Crippen molar-refractivity contribution in [1.82, 2.24) is 15.3 Å². The molecule has 0 fully saturated rings. The van der Waals surface area contributed by atoms with Gasteiger partial charge in [-0.15, -0.1) is 0 Å². The normalized spacial score (nSPS) is 18.8. The summed E-state index contributed by atoms with van der Waals surface area (Å²) in [5.41, 5.74) is 2.31. The molecule has 1 heterocycles. The van der Waals surface area contributed by atoms with Gasteiger partial charge in [0.1, 0.15) is 5.82 Å². The molecule has 0 aromatic carbocycles. The number of imidazole rings is 1. The lowest BCUT2D eigenvalue weighted by atomic mass is 9.89. The molecule has 0 saturated heterocycles. The average Bonchev–Trinajstić information content (AvgIpc) is 2.67. The van der Waals surface area contributed by atoms with Gasteiger partial charge in [-0.05, 0) is 32.1 Å². The highest BCUT2D eigenvalue weighted by atomic mass is 16.1. The molecule has 4 heteroatoms. The molecule has 0 saturated carbocycles. The van der Waals surface area contributed by atoms with Gasteiger partial charge in [0.25, 0.3) is 0 Å². The van der Waals surface area contributed by atoms with Gasteiger partial charge in [0.05, 0.1) is 5.69 Å². The first-order valence-corrected chi connectivity index (χ1v) is 6.88. The van der Waals surface area contributed by atoms with E-state index < -0.39 is 0 Å². The van der Waals surface area contributed by atoms with Crippen molar-refractivity contribution in [3.8, 4) is 0 Å². The van der Waals surface area contributed by atoms with Crippen LogP contribution in [0.4, 0.5) is 0 Å². The highest BCUT2D eigenvalue weighted by Gasteiger charge is 2.26. The quantitative estimate of drug-likeness (QED) is 0.857. The lowest BCUT2D eigenvalue weighted by molar-refractivity contribution is -0.125. The maximum absolute atomic E-state index is 12.1. The summed E-state index contributed by atoms with van der Waals surface area (Å²) in [4.78, 5) is 19.8. The van der Waals surface area contributed by atoms with Crippen LogP contribution >= 0.6 is 0 Å². The number of fused-ring (bicyclic) bond motifs is 1. The van der Waals surface area contributed by atoms with Gasteiger partial charge in [0, 0.05) is 24.6 Å². The van der Waals surface area contributed by atoms with Crippen molar-refractivity contribution < 1.29 is 4.79 Å². The monoisotopic (exact) mass is 249 g/mol. The van der Waals surface area contributed by atoms with Gasteiger partial charge in [-0.25, -0.2) is 4.98 Å². The molecule has 1 aliphatic carbocycles. The van der Waals surface area contributed by atoms with Crippen molar-refractivity contribution >= 4 is 5.91 Å². The molecule has 2 N–H and O–H groups in total. The number of aromatic nitrogens is 2. The third-order valence-electron chi connectivity index (χ3n) is 3.55. The zero-order valence-corrected chi connectivity index (χ0v) is 11.5. The van der Waals surface area contributed by atoms with E-state index in [1.165, 1.54) is 0 Å². The van der Waals surface area contributed by atoms with Gasteiger partial charge < -0.3 is 10.3 Å². The molecular formula is C14H23N3O. The highest BCUT2D eigenvalue weighted by Crippen LogP contribution is 2.23. The third kappa shape index (κ3) is 3.12. The molecule has 1 amide bonds. The molecule has 4 nitrogen and oxygen atoms in total. The number of nitrogens with zero attached hydrogens (tertiary/aromatic N) is 1. The second-order valence-corrected chi connectivity index (χ2v) is 5.66. The van der Waals surface area contributed by atoms with Crippen LogP contribution in [0.15, 0.2) is 0 Å². The Morgan fingerprint density at radius 2 is 2.33 bits per heavy atom. The van der Waals surface area contributed by atoms with Crippen molar-refractivity contribution in [3.63, 3.8) is 0 Å². The number of H-pyrrole nitrogens is 1. The molecule has 18 heavy (non-hydrogen) atoms. The lowest BCUT2D eigenvalue weighted by Gasteiger charge is -2.20. The van der Waals surface area contributed by atoms with Crippen molar-refractivity contribution in [3.05, 3.63) is 17.2 Å². The summed E-state index contributed by atoms with van der Waals surface area (Å²) in [7, 11) is 0. The molecular weight excluding hydrogens is 226 g/mol. The summed E-state index contributed by atoms with van der Waals surface area (Å²) in [5, 5.41) is 3.05. The molecule has 2 rings (SSSR count). The first-order chi connectivity index (χ1) is 8.56. The van der Waals surface area contributed by atoms with Crippen LogP contribution in [0.25, 0.3) is 0 Å². The minimum absolute atomic E-state index is 0.115. The van der Waals surface area contributed by atoms with Crippen LogP contribution < -0.4 is 5.32 Å². The van der Waals surface area contributed by atoms with E-state index in [9.17, 15) is 4.79 Å². The van der Waals surface area contributed by atoms with Gasteiger partial charge in [0.15, 0.2) is 0 Å². The minimum atomic E-state index is 0.115. The highest BCUT2D eigenvalue weighted by molar-refractivity contribution is 5.79. The number of carbonyl (C=O) groups excluding carboxylic acids is 1. The standard InChI is InChI=1S/C14H23N3O/c1-9(2)6-7-15-14(18)11-4-5-12-13(8-11)17-10(3)16-12/h9,11H,4-8H2,1-3H3,(H,15,18)(H,16,17). The number of hydrogen-bond donors (Lipinski definition) is 2. The maximum atomic E-state index is 12.1. The zero-order chi connectivity index (χ0) is 13.1. The second-order valence-electron chi connectivity index (χ2n) is 5.66. The average molecular weight is 249 g/mol. The van der Waals surface area contributed by atoms with E-state index >= 15 is 0 Å². The number of carbonyl (C=O) groups is 1. The van der Waals surface area contributed by atoms with Crippen LogP contribution in [0.1, 0.15) is 43.9 Å². The number of rotatable bonds is 4. The number of nitrogens with one attached hydrogen (secondary N) is 2. The summed E-state index contributed by atoms with van der Waals surface area (Å²) < 4.78 is 0. The molecule has 0 bridgehead atoms. The van der Waals surface area contributed by atoms with E-state index in [4.69, 9.17) is 0 Å². The molecule has 100 valence electrons. The number of aromatic amines is 1. The van der Waals surface area contributed by atoms with E-state index in [2.05, 4.69) is 29.1 Å². The topological polar surface area (TPSA) is 57.8 Å². The first kappa shape index (κ1) is 13.1. The number of hydrogen-bond acceptors (Lipinski definition) is 2. The Hall–Kier alpha value is -1.32.